The van der Waals surface area contributed by atoms with Crippen molar-refractivity contribution in [3.8, 4) is 0 Å². The quantitative estimate of drug-likeness (QED) is 0.844. The molecule has 0 aliphatic carbocycles. The monoisotopic (exact) mass is 249 g/mol. The molecule has 1 aromatic carbocycles. The zero-order chi connectivity index (χ0) is 13.1. The predicted octanol–water partition coefficient (Wildman–Crippen LogP) is 1.35. The van der Waals surface area contributed by atoms with Crippen LogP contribution in [0.2, 0.25) is 0 Å². The summed E-state index contributed by atoms with van der Waals surface area (Å²) >= 11 is 0. The van der Waals surface area contributed by atoms with E-state index >= 15 is 0 Å². The van der Waals surface area contributed by atoms with Gasteiger partial charge in [-0.15, -0.1) is 0 Å². The van der Waals surface area contributed by atoms with Crippen LogP contribution in [-0.4, -0.2) is 39.9 Å². The lowest BCUT2D eigenvalue weighted by Gasteiger charge is -2.22. The third kappa shape index (κ3) is 2.66. The topological polar surface area (TPSA) is 36.5 Å². The first-order valence-electron chi connectivity index (χ1n) is 6.40. The Morgan fingerprint density at radius 2 is 2.06 bits per heavy atom. The van der Waals surface area contributed by atoms with Crippen LogP contribution in [0.4, 0.5) is 5.69 Å². The van der Waals surface area contributed by atoms with Crippen molar-refractivity contribution in [2.24, 2.45) is 0 Å². The number of methoxy groups -OCH3 is 1. The van der Waals surface area contributed by atoms with Gasteiger partial charge in [-0.2, -0.15) is 0 Å². The van der Waals surface area contributed by atoms with Gasteiger partial charge >= 0.3 is 0 Å². The summed E-state index contributed by atoms with van der Waals surface area (Å²) in [7, 11) is 5.89. The lowest BCUT2D eigenvalue weighted by Crippen LogP contribution is -2.35. The van der Waals surface area contributed by atoms with Crippen molar-refractivity contribution in [1.82, 2.24) is 10.9 Å². The van der Waals surface area contributed by atoms with Gasteiger partial charge in [-0.1, -0.05) is 12.1 Å². The lowest BCUT2D eigenvalue weighted by molar-refractivity contribution is 0.165. The number of rotatable bonds is 4. The van der Waals surface area contributed by atoms with E-state index in [1.807, 2.05) is 0 Å². The maximum Gasteiger partial charge on any atom is 0.0636 e. The first-order valence-corrected chi connectivity index (χ1v) is 6.40. The number of benzene rings is 1. The van der Waals surface area contributed by atoms with Crippen LogP contribution in [0.3, 0.4) is 0 Å². The molecule has 1 aliphatic heterocycles. The van der Waals surface area contributed by atoms with Gasteiger partial charge in [-0.05, 0) is 24.6 Å². The fourth-order valence-electron chi connectivity index (χ4n) is 2.62. The molecule has 100 valence electrons. The maximum absolute atomic E-state index is 5.29. The second-order valence-electron chi connectivity index (χ2n) is 5.15. The van der Waals surface area contributed by atoms with E-state index in [2.05, 4.69) is 61.0 Å². The molecule has 4 heteroatoms. The van der Waals surface area contributed by atoms with Gasteiger partial charge in [0, 0.05) is 38.9 Å². The minimum Gasteiger partial charge on any atom is -0.383 e. The lowest BCUT2D eigenvalue weighted by atomic mass is 9.88. The van der Waals surface area contributed by atoms with Gasteiger partial charge in [-0.25, -0.2) is 0 Å². The number of hydrogen-bond donors (Lipinski definition) is 2. The molecule has 1 fully saturated rings. The number of hydrazine groups is 1. The molecular weight excluding hydrogens is 226 g/mol. The molecule has 0 saturated carbocycles. The molecule has 2 N–H and O–H groups in total. The number of anilines is 1. The Hall–Kier alpha value is -1.10. The molecule has 3 unspecified atom stereocenters. The molecular formula is C14H23N3O. The Bertz CT molecular complexity index is 392. The molecule has 1 aromatic rings. The van der Waals surface area contributed by atoms with Crippen molar-refractivity contribution >= 4 is 5.69 Å². The van der Waals surface area contributed by atoms with Crippen molar-refractivity contribution in [3.05, 3.63) is 29.8 Å². The van der Waals surface area contributed by atoms with Crippen LogP contribution in [0.1, 0.15) is 18.4 Å². The van der Waals surface area contributed by atoms with Crippen LogP contribution in [0, 0.1) is 0 Å². The molecule has 2 rings (SSSR count). The molecule has 1 saturated heterocycles. The minimum absolute atomic E-state index is 0.322. The molecule has 1 heterocycles. The van der Waals surface area contributed by atoms with E-state index in [1.165, 1.54) is 11.3 Å². The second-order valence-corrected chi connectivity index (χ2v) is 5.15. The number of nitrogens with one attached hydrogen (secondary N) is 2. The molecule has 0 spiro atoms. The van der Waals surface area contributed by atoms with Crippen molar-refractivity contribution < 1.29 is 4.74 Å². The van der Waals surface area contributed by atoms with Gasteiger partial charge in [0.05, 0.1) is 12.6 Å². The maximum atomic E-state index is 5.29. The van der Waals surface area contributed by atoms with Gasteiger partial charge < -0.3 is 9.64 Å². The summed E-state index contributed by atoms with van der Waals surface area (Å²) in [6, 6.07) is 9.45. The minimum atomic E-state index is 0.322. The first kappa shape index (κ1) is 13.3. The summed E-state index contributed by atoms with van der Waals surface area (Å²) < 4.78 is 5.29. The Morgan fingerprint density at radius 3 is 2.72 bits per heavy atom. The zero-order valence-electron chi connectivity index (χ0n) is 11.6. The summed E-state index contributed by atoms with van der Waals surface area (Å²) in [5.41, 5.74) is 9.22. The third-order valence-electron chi connectivity index (χ3n) is 3.59. The summed E-state index contributed by atoms with van der Waals surface area (Å²) in [6.45, 7) is 2.92. The van der Waals surface area contributed by atoms with Crippen molar-refractivity contribution in [3.63, 3.8) is 0 Å². The Balaban J connectivity index is 2.25. The van der Waals surface area contributed by atoms with E-state index in [-0.39, 0.29) is 0 Å². The predicted molar refractivity (Wildman–Crippen MR) is 74.9 cm³/mol. The fourth-order valence-corrected chi connectivity index (χ4v) is 2.62. The van der Waals surface area contributed by atoms with E-state index in [1.54, 1.807) is 7.11 Å². The summed E-state index contributed by atoms with van der Waals surface area (Å²) in [5.74, 6) is 0.435. The van der Waals surface area contributed by atoms with Gasteiger partial charge in [0.25, 0.3) is 0 Å². The van der Waals surface area contributed by atoms with Crippen LogP contribution < -0.4 is 15.8 Å². The van der Waals surface area contributed by atoms with Crippen LogP contribution >= 0.6 is 0 Å². The molecule has 1 aliphatic rings. The largest absolute Gasteiger partial charge is 0.383 e. The number of nitrogens with zero attached hydrogens (tertiary/aromatic N) is 1. The molecule has 18 heavy (non-hydrogen) atoms. The normalized spacial score (nSPS) is 27.4. The van der Waals surface area contributed by atoms with E-state index in [9.17, 15) is 0 Å². The molecule has 4 nitrogen and oxygen atoms in total. The highest BCUT2D eigenvalue weighted by molar-refractivity contribution is 5.48. The van der Waals surface area contributed by atoms with E-state index in [0.717, 1.165) is 0 Å². The summed E-state index contributed by atoms with van der Waals surface area (Å²) in [6.07, 6.45) is 0. The Kier molecular flexibility index (Phi) is 4.22. The summed E-state index contributed by atoms with van der Waals surface area (Å²) in [4.78, 5) is 2.13. The van der Waals surface area contributed by atoms with Crippen molar-refractivity contribution in [2.45, 2.75) is 24.9 Å². The smallest absolute Gasteiger partial charge is 0.0636 e. The van der Waals surface area contributed by atoms with Crippen LogP contribution in [-0.2, 0) is 4.74 Å². The second kappa shape index (κ2) is 5.69. The molecule has 0 bridgehead atoms. The van der Waals surface area contributed by atoms with Crippen molar-refractivity contribution in [1.29, 1.82) is 0 Å². The van der Waals surface area contributed by atoms with E-state index in [0.29, 0.717) is 24.6 Å². The highest BCUT2D eigenvalue weighted by Gasteiger charge is 2.34. The first-order chi connectivity index (χ1) is 8.63. The van der Waals surface area contributed by atoms with Crippen molar-refractivity contribution in [2.75, 3.05) is 32.7 Å². The third-order valence-corrected chi connectivity index (χ3v) is 3.59. The van der Waals surface area contributed by atoms with Gasteiger partial charge in [0.2, 0.25) is 0 Å². The molecule has 0 aromatic heterocycles. The van der Waals surface area contributed by atoms with Crippen LogP contribution in [0.15, 0.2) is 24.3 Å². The van der Waals surface area contributed by atoms with E-state index in [4.69, 9.17) is 4.74 Å². The average molecular weight is 249 g/mol. The van der Waals surface area contributed by atoms with E-state index < -0.39 is 0 Å². The average Bonchev–Trinajstić information content (AvgIpc) is 2.71. The van der Waals surface area contributed by atoms with Gasteiger partial charge in [0.1, 0.15) is 0 Å². The fraction of sp³-hybridized carbons (Fsp3) is 0.571. The zero-order valence-corrected chi connectivity index (χ0v) is 11.6. The van der Waals surface area contributed by atoms with Crippen LogP contribution in [0.5, 0.6) is 0 Å². The molecule has 0 amide bonds. The standard InChI is InChI=1S/C14H23N3O/c1-10-14(13(9-18-4)16-15-10)11-6-5-7-12(8-11)17(2)3/h5-8,10,13-16H,9H2,1-4H3. The highest BCUT2D eigenvalue weighted by Crippen LogP contribution is 2.29. The van der Waals surface area contributed by atoms with Crippen LogP contribution in [0.25, 0.3) is 0 Å². The summed E-state index contributed by atoms with van der Waals surface area (Å²) in [5, 5.41) is 0. The van der Waals surface area contributed by atoms with Gasteiger partial charge in [-0.3, -0.25) is 10.9 Å². The Labute approximate surface area is 109 Å². The number of ether oxygens (including phenoxy) is 1. The molecule has 0 radical (unpaired) electrons. The number of hydrogen-bond acceptors (Lipinski definition) is 4. The SMILES string of the molecule is COCC1NNC(C)C1c1cccc(N(C)C)c1. The highest BCUT2D eigenvalue weighted by atomic mass is 16.5. The molecule has 3 atom stereocenters. The van der Waals surface area contributed by atoms with Gasteiger partial charge in [0.15, 0.2) is 0 Å². The Morgan fingerprint density at radius 1 is 1.28 bits per heavy atom.